The number of carbonyl (C=O) groups is 1. The lowest BCUT2D eigenvalue weighted by Crippen LogP contribution is -2.19. The highest BCUT2D eigenvalue weighted by Gasteiger charge is 2.20. The van der Waals surface area contributed by atoms with Gasteiger partial charge in [-0.15, -0.1) is 0 Å². The number of fused-ring (bicyclic) bond motifs is 1. The van der Waals surface area contributed by atoms with Crippen LogP contribution in [0.15, 0.2) is 41.4 Å². The standard InChI is InChI=1S/C17H13Cl2N3O4S/c1-26-9-8-21-15-13(7-6-11(18)14(15)19)27-17(21)20-16(23)10-4-2-3-5-12(10)22(24)25/h2-7H,8-9H2,1H3. The van der Waals surface area contributed by atoms with Gasteiger partial charge in [-0.05, 0) is 18.2 Å². The Morgan fingerprint density at radius 2 is 2.04 bits per heavy atom. The third-order valence-electron chi connectivity index (χ3n) is 3.78. The monoisotopic (exact) mass is 425 g/mol. The molecule has 0 spiro atoms. The molecule has 0 N–H and O–H groups in total. The maximum absolute atomic E-state index is 12.6. The molecule has 0 fully saturated rings. The second-order valence-electron chi connectivity index (χ2n) is 5.43. The highest BCUT2D eigenvalue weighted by Crippen LogP contribution is 2.32. The first-order chi connectivity index (χ1) is 12.9. The number of halogens is 2. The summed E-state index contributed by atoms with van der Waals surface area (Å²) < 4.78 is 7.63. The summed E-state index contributed by atoms with van der Waals surface area (Å²) >= 11 is 13.7. The minimum absolute atomic E-state index is 0.0811. The van der Waals surface area contributed by atoms with Crippen LogP contribution in [0.5, 0.6) is 0 Å². The van der Waals surface area contributed by atoms with Crippen LogP contribution in [-0.4, -0.2) is 29.1 Å². The number of nitro benzene ring substituents is 1. The molecule has 0 saturated carbocycles. The van der Waals surface area contributed by atoms with E-state index >= 15 is 0 Å². The SMILES string of the molecule is COCCn1c(=NC(=O)c2ccccc2[N+](=O)[O-])sc2ccc(Cl)c(Cl)c21. The Hall–Kier alpha value is -2.26. The third-order valence-corrected chi connectivity index (χ3v) is 5.62. The highest BCUT2D eigenvalue weighted by atomic mass is 35.5. The van der Waals surface area contributed by atoms with Crippen molar-refractivity contribution in [2.75, 3.05) is 13.7 Å². The van der Waals surface area contributed by atoms with Crippen molar-refractivity contribution in [1.82, 2.24) is 4.57 Å². The molecular weight excluding hydrogens is 413 g/mol. The second kappa shape index (κ2) is 8.18. The van der Waals surface area contributed by atoms with Crippen molar-refractivity contribution in [1.29, 1.82) is 0 Å². The number of aromatic nitrogens is 1. The topological polar surface area (TPSA) is 86.7 Å². The number of rotatable bonds is 5. The summed E-state index contributed by atoms with van der Waals surface area (Å²) in [6.45, 7) is 0.751. The predicted molar refractivity (Wildman–Crippen MR) is 105 cm³/mol. The third kappa shape index (κ3) is 3.89. The zero-order chi connectivity index (χ0) is 19.6. The van der Waals surface area contributed by atoms with Gasteiger partial charge in [-0.25, -0.2) is 0 Å². The lowest BCUT2D eigenvalue weighted by Gasteiger charge is -2.06. The van der Waals surface area contributed by atoms with Crippen molar-refractivity contribution in [3.8, 4) is 0 Å². The van der Waals surface area contributed by atoms with Crippen molar-refractivity contribution >= 4 is 56.3 Å². The van der Waals surface area contributed by atoms with Gasteiger partial charge in [-0.2, -0.15) is 4.99 Å². The normalized spacial score (nSPS) is 11.9. The Morgan fingerprint density at radius 1 is 1.30 bits per heavy atom. The summed E-state index contributed by atoms with van der Waals surface area (Å²) in [4.78, 5) is 27.7. The molecule has 7 nitrogen and oxygen atoms in total. The number of hydrogen-bond acceptors (Lipinski definition) is 5. The van der Waals surface area contributed by atoms with Crippen LogP contribution in [0.25, 0.3) is 10.2 Å². The van der Waals surface area contributed by atoms with Crippen LogP contribution in [0.3, 0.4) is 0 Å². The van der Waals surface area contributed by atoms with Crippen LogP contribution < -0.4 is 4.80 Å². The number of amides is 1. The fourth-order valence-electron chi connectivity index (χ4n) is 2.54. The Bertz CT molecular complexity index is 1110. The molecule has 1 aromatic heterocycles. The molecule has 3 rings (SSSR count). The molecule has 0 bridgehead atoms. The van der Waals surface area contributed by atoms with E-state index in [0.717, 1.165) is 4.70 Å². The second-order valence-corrected chi connectivity index (χ2v) is 7.22. The van der Waals surface area contributed by atoms with Crippen molar-refractivity contribution in [3.05, 3.63) is 66.9 Å². The van der Waals surface area contributed by atoms with Gasteiger partial charge >= 0.3 is 0 Å². The number of methoxy groups -OCH3 is 1. The number of thiazole rings is 1. The van der Waals surface area contributed by atoms with E-state index in [1.807, 2.05) is 0 Å². The van der Waals surface area contributed by atoms with Crippen molar-refractivity contribution in [2.45, 2.75) is 6.54 Å². The van der Waals surface area contributed by atoms with Crippen LogP contribution in [0.2, 0.25) is 10.0 Å². The minimum Gasteiger partial charge on any atom is -0.383 e. The molecule has 3 aromatic rings. The van der Waals surface area contributed by atoms with E-state index in [-0.39, 0.29) is 11.3 Å². The minimum atomic E-state index is -0.706. The van der Waals surface area contributed by atoms with E-state index in [2.05, 4.69) is 4.99 Å². The maximum Gasteiger partial charge on any atom is 0.286 e. The molecule has 0 unspecified atom stereocenters. The van der Waals surface area contributed by atoms with Gasteiger partial charge in [0.1, 0.15) is 5.56 Å². The van der Waals surface area contributed by atoms with Gasteiger partial charge in [0.15, 0.2) is 4.80 Å². The van der Waals surface area contributed by atoms with Gasteiger partial charge in [0.05, 0.1) is 31.8 Å². The van der Waals surface area contributed by atoms with E-state index in [0.29, 0.717) is 33.5 Å². The van der Waals surface area contributed by atoms with Crippen molar-refractivity contribution < 1.29 is 14.5 Å². The molecule has 10 heteroatoms. The molecule has 0 aliphatic carbocycles. The van der Waals surface area contributed by atoms with E-state index in [4.69, 9.17) is 27.9 Å². The highest BCUT2D eigenvalue weighted by molar-refractivity contribution is 7.16. The van der Waals surface area contributed by atoms with E-state index in [1.54, 1.807) is 29.9 Å². The maximum atomic E-state index is 12.6. The van der Waals surface area contributed by atoms with Crippen LogP contribution in [0, 0.1) is 10.1 Å². The number of para-hydroxylation sites is 1. The number of hydrogen-bond donors (Lipinski definition) is 0. The Balaban J connectivity index is 2.20. The molecule has 0 saturated heterocycles. The molecule has 0 radical (unpaired) electrons. The summed E-state index contributed by atoms with van der Waals surface area (Å²) in [5.74, 6) is -0.706. The zero-order valence-corrected chi connectivity index (χ0v) is 16.3. The van der Waals surface area contributed by atoms with E-state index in [1.165, 1.54) is 29.5 Å². The van der Waals surface area contributed by atoms with Crippen molar-refractivity contribution in [2.24, 2.45) is 4.99 Å². The summed E-state index contributed by atoms with van der Waals surface area (Å²) in [5.41, 5.74) is 0.264. The van der Waals surface area contributed by atoms with Gasteiger partial charge in [-0.3, -0.25) is 14.9 Å². The molecule has 1 amide bonds. The molecular formula is C17H13Cl2N3O4S. The van der Waals surface area contributed by atoms with Crippen LogP contribution >= 0.6 is 34.5 Å². The molecule has 140 valence electrons. The molecule has 0 aliphatic heterocycles. The van der Waals surface area contributed by atoms with Gasteiger partial charge in [-0.1, -0.05) is 46.7 Å². The Morgan fingerprint density at radius 3 is 2.74 bits per heavy atom. The summed E-state index contributed by atoms with van der Waals surface area (Å²) in [5, 5.41) is 11.9. The largest absolute Gasteiger partial charge is 0.383 e. The number of benzene rings is 2. The zero-order valence-electron chi connectivity index (χ0n) is 14.0. The lowest BCUT2D eigenvalue weighted by atomic mass is 10.2. The van der Waals surface area contributed by atoms with Gasteiger partial charge in [0, 0.05) is 19.7 Å². The van der Waals surface area contributed by atoms with Gasteiger partial charge in [0.25, 0.3) is 11.6 Å². The summed E-state index contributed by atoms with van der Waals surface area (Å²) in [6.07, 6.45) is 0. The fraction of sp³-hybridized carbons (Fsp3) is 0.176. The summed E-state index contributed by atoms with van der Waals surface area (Å²) in [7, 11) is 1.55. The van der Waals surface area contributed by atoms with Crippen LogP contribution in [-0.2, 0) is 11.3 Å². The number of ether oxygens (including phenoxy) is 1. The molecule has 1 heterocycles. The molecule has 27 heavy (non-hydrogen) atoms. The average Bonchev–Trinajstić information content (AvgIpc) is 3.00. The smallest absolute Gasteiger partial charge is 0.286 e. The number of nitrogens with zero attached hydrogens (tertiary/aromatic N) is 3. The first-order valence-electron chi connectivity index (χ1n) is 7.72. The van der Waals surface area contributed by atoms with Crippen LogP contribution in [0.4, 0.5) is 5.69 Å². The Kier molecular flexibility index (Phi) is 5.91. The lowest BCUT2D eigenvalue weighted by molar-refractivity contribution is -0.385. The number of carbonyl (C=O) groups excluding carboxylic acids is 1. The van der Waals surface area contributed by atoms with Crippen LogP contribution in [0.1, 0.15) is 10.4 Å². The quantitative estimate of drug-likeness (QED) is 0.450. The number of nitro groups is 1. The molecule has 0 aliphatic rings. The first kappa shape index (κ1) is 19.5. The average molecular weight is 426 g/mol. The first-order valence-corrected chi connectivity index (χ1v) is 9.30. The van der Waals surface area contributed by atoms with Gasteiger partial charge in [0.2, 0.25) is 0 Å². The summed E-state index contributed by atoms with van der Waals surface area (Å²) in [6, 6.07) is 9.14. The molecule has 0 atom stereocenters. The van der Waals surface area contributed by atoms with Crippen molar-refractivity contribution in [3.63, 3.8) is 0 Å². The van der Waals surface area contributed by atoms with E-state index in [9.17, 15) is 14.9 Å². The van der Waals surface area contributed by atoms with E-state index < -0.39 is 10.8 Å². The van der Waals surface area contributed by atoms with Gasteiger partial charge < -0.3 is 9.30 Å². The predicted octanol–water partition coefficient (Wildman–Crippen LogP) is 4.31. The fourth-order valence-corrected chi connectivity index (χ4v) is 4.08. The molecule has 2 aromatic carbocycles. The Labute approximate surface area is 167 Å².